The van der Waals surface area contributed by atoms with E-state index in [4.69, 9.17) is 4.74 Å². The summed E-state index contributed by atoms with van der Waals surface area (Å²) in [4.78, 5) is 11.3. The van der Waals surface area contributed by atoms with Crippen LogP contribution >= 0.6 is 0 Å². The van der Waals surface area contributed by atoms with Crippen molar-refractivity contribution in [2.75, 3.05) is 12.4 Å². The van der Waals surface area contributed by atoms with E-state index in [0.29, 0.717) is 6.42 Å². The highest BCUT2D eigenvalue weighted by molar-refractivity contribution is 7.92. The molecule has 1 fully saturated rings. The quantitative estimate of drug-likeness (QED) is 0.552. The molecule has 1 saturated heterocycles. The van der Waals surface area contributed by atoms with Crippen LogP contribution in [-0.2, 0) is 19.4 Å². The van der Waals surface area contributed by atoms with Crippen LogP contribution in [0.2, 0.25) is 0 Å². The van der Waals surface area contributed by atoms with Gasteiger partial charge in [-0.15, -0.1) is 0 Å². The second kappa shape index (κ2) is 6.89. The zero-order valence-electron chi connectivity index (χ0n) is 9.07. The molecule has 0 N–H and O–H groups in total. The average Bonchev–Trinajstić information content (AvgIpc) is 2.15. The van der Waals surface area contributed by atoms with Gasteiger partial charge in [0.2, 0.25) is 0 Å². The molecule has 0 aromatic heterocycles. The molecule has 0 bridgehead atoms. The fourth-order valence-corrected chi connectivity index (χ4v) is 3.18. The highest BCUT2D eigenvalue weighted by Crippen LogP contribution is 2.18. The molecule has 0 aromatic rings. The van der Waals surface area contributed by atoms with E-state index in [1.54, 1.807) is 0 Å². The maximum absolute atomic E-state index is 11.6. The van der Waals surface area contributed by atoms with Crippen molar-refractivity contribution < 1.29 is 17.9 Å². The fraction of sp³-hybridized carbons (Fsp3) is 0.909. The van der Waals surface area contributed by atoms with Crippen LogP contribution in [0, 0.1) is 0 Å². The zero-order valence-corrected chi connectivity index (χ0v) is 9.88. The van der Waals surface area contributed by atoms with Gasteiger partial charge in [0.25, 0.3) is 0 Å². The van der Waals surface area contributed by atoms with Crippen molar-refractivity contribution in [1.29, 1.82) is 0 Å². The van der Waals surface area contributed by atoms with E-state index >= 15 is 0 Å². The number of hydrogen-bond acceptors (Lipinski definition) is 4. The van der Waals surface area contributed by atoms with Crippen LogP contribution < -0.4 is 0 Å². The molecule has 0 aliphatic carbocycles. The predicted molar refractivity (Wildman–Crippen MR) is 64.0 cm³/mol. The van der Waals surface area contributed by atoms with E-state index in [1.807, 2.05) is 0 Å². The van der Waals surface area contributed by atoms with Crippen LogP contribution in [-0.4, -0.2) is 32.0 Å². The van der Waals surface area contributed by atoms with Gasteiger partial charge >= 0.3 is 5.97 Å². The first-order chi connectivity index (χ1) is 7.08. The molecule has 96 valence electrons. The van der Waals surface area contributed by atoms with Gasteiger partial charge in [0.05, 0.1) is 5.75 Å². The normalized spacial score (nSPS) is 23.3. The number of unbranched alkanes of at least 4 members (excludes halogenated alkanes) is 3. The van der Waals surface area contributed by atoms with Crippen LogP contribution in [0.5, 0.6) is 0 Å². The number of cyclic esters (lactones) is 1. The van der Waals surface area contributed by atoms with Crippen molar-refractivity contribution >= 4 is 15.8 Å². The number of carbonyl (C=O) groups excluding carboxylic acids is 1. The molecule has 1 aliphatic heterocycles. The molecule has 1 atom stereocenters. The van der Waals surface area contributed by atoms with Gasteiger partial charge < -0.3 is 4.74 Å². The lowest BCUT2D eigenvalue weighted by Gasteiger charge is -2.21. The molecule has 0 radical (unpaired) electrons. The van der Waals surface area contributed by atoms with Gasteiger partial charge in [0.15, 0.2) is 15.1 Å². The molecule has 0 saturated carbocycles. The van der Waals surface area contributed by atoms with Gasteiger partial charge in [0, 0.05) is 0 Å². The third kappa shape index (κ3) is 4.12. The SMILES string of the molecule is C.CCCCCCC1C(=O)OCCS1(=O)=O. The Labute approximate surface area is 98.3 Å². The molecule has 0 spiro atoms. The molecule has 1 heterocycles. The second-order valence-corrected chi connectivity index (χ2v) is 6.18. The van der Waals surface area contributed by atoms with Crippen LogP contribution in [0.3, 0.4) is 0 Å². The standard InChI is InChI=1S/C10H18O4S.CH4/c1-2-3-4-5-6-9-10(11)14-7-8-15(9,12)13;/h9H,2-8H2,1H3;1H4. The third-order valence-corrected chi connectivity index (χ3v) is 4.66. The van der Waals surface area contributed by atoms with E-state index in [9.17, 15) is 13.2 Å². The molecule has 1 aliphatic rings. The molecule has 4 nitrogen and oxygen atoms in total. The van der Waals surface area contributed by atoms with Crippen molar-refractivity contribution in [3.63, 3.8) is 0 Å². The van der Waals surface area contributed by atoms with E-state index in [0.717, 1.165) is 25.7 Å². The second-order valence-electron chi connectivity index (χ2n) is 3.87. The monoisotopic (exact) mass is 250 g/mol. The molecule has 1 rings (SSSR count). The van der Waals surface area contributed by atoms with Gasteiger partial charge in [-0.25, -0.2) is 8.42 Å². The predicted octanol–water partition coefficient (Wildman–Crippen LogP) is 1.93. The number of hydrogen-bond donors (Lipinski definition) is 0. The van der Waals surface area contributed by atoms with Crippen LogP contribution in [0.4, 0.5) is 0 Å². The highest BCUT2D eigenvalue weighted by atomic mass is 32.2. The summed E-state index contributed by atoms with van der Waals surface area (Å²) >= 11 is 0. The molecule has 16 heavy (non-hydrogen) atoms. The van der Waals surface area contributed by atoms with E-state index in [-0.39, 0.29) is 19.8 Å². The minimum Gasteiger partial charge on any atom is -0.464 e. The first-order valence-corrected chi connectivity index (χ1v) is 7.17. The van der Waals surface area contributed by atoms with Crippen molar-refractivity contribution in [2.24, 2.45) is 0 Å². The fourth-order valence-electron chi connectivity index (χ4n) is 1.69. The molecular formula is C11H22O4S. The van der Waals surface area contributed by atoms with Crippen molar-refractivity contribution in [3.05, 3.63) is 0 Å². The maximum atomic E-state index is 11.6. The van der Waals surface area contributed by atoms with Gasteiger partial charge in [-0.3, -0.25) is 4.79 Å². The Morgan fingerprint density at radius 1 is 1.31 bits per heavy atom. The van der Waals surface area contributed by atoms with Gasteiger partial charge in [-0.2, -0.15) is 0 Å². The lowest BCUT2D eigenvalue weighted by Crippen LogP contribution is -2.40. The Morgan fingerprint density at radius 3 is 2.56 bits per heavy atom. The summed E-state index contributed by atoms with van der Waals surface area (Å²) in [5, 5.41) is -0.900. The average molecular weight is 250 g/mol. The number of rotatable bonds is 5. The van der Waals surface area contributed by atoms with Crippen molar-refractivity contribution in [3.8, 4) is 0 Å². The summed E-state index contributed by atoms with van der Waals surface area (Å²) in [6, 6.07) is 0. The summed E-state index contributed by atoms with van der Waals surface area (Å²) in [6.45, 7) is 2.11. The summed E-state index contributed by atoms with van der Waals surface area (Å²) in [5.41, 5.74) is 0. The minimum atomic E-state index is -3.23. The Morgan fingerprint density at radius 2 is 2.00 bits per heavy atom. The Bertz CT molecular complexity index is 308. The molecule has 0 amide bonds. The highest BCUT2D eigenvalue weighted by Gasteiger charge is 2.36. The largest absolute Gasteiger partial charge is 0.464 e. The molecular weight excluding hydrogens is 228 g/mol. The summed E-state index contributed by atoms with van der Waals surface area (Å²) in [6.07, 6.45) is 4.37. The van der Waals surface area contributed by atoms with Gasteiger partial charge in [-0.1, -0.05) is 40.0 Å². The van der Waals surface area contributed by atoms with Crippen LogP contribution in [0.25, 0.3) is 0 Å². The molecule has 0 aromatic carbocycles. The van der Waals surface area contributed by atoms with E-state index in [2.05, 4.69) is 6.92 Å². The number of esters is 1. The summed E-state index contributed by atoms with van der Waals surface area (Å²) < 4.78 is 27.9. The molecule has 5 heteroatoms. The lowest BCUT2D eigenvalue weighted by molar-refractivity contribution is -0.143. The lowest BCUT2D eigenvalue weighted by atomic mass is 10.1. The molecule has 1 unspecified atom stereocenters. The summed E-state index contributed by atoms with van der Waals surface area (Å²) in [5.74, 6) is -0.574. The maximum Gasteiger partial charge on any atom is 0.324 e. The van der Waals surface area contributed by atoms with Crippen molar-refractivity contribution in [2.45, 2.75) is 51.7 Å². The van der Waals surface area contributed by atoms with Gasteiger partial charge in [-0.05, 0) is 6.42 Å². The van der Waals surface area contributed by atoms with Crippen molar-refractivity contribution in [1.82, 2.24) is 0 Å². The Balaban J connectivity index is 0.00000225. The third-order valence-electron chi connectivity index (χ3n) is 2.63. The first-order valence-electron chi connectivity index (χ1n) is 5.46. The topological polar surface area (TPSA) is 60.4 Å². The van der Waals surface area contributed by atoms with E-state index in [1.165, 1.54) is 0 Å². The van der Waals surface area contributed by atoms with Crippen LogP contribution in [0.15, 0.2) is 0 Å². The van der Waals surface area contributed by atoms with Crippen LogP contribution in [0.1, 0.15) is 46.5 Å². The summed E-state index contributed by atoms with van der Waals surface area (Å²) in [7, 11) is -3.23. The van der Waals surface area contributed by atoms with Gasteiger partial charge in [0.1, 0.15) is 6.61 Å². The smallest absolute Gasteiger partial charge is 0.324 e. The zero-order chi connectivity index (χ0) is 11.3. The first kappa shape index (κ1) is 15.4. The Kier molecular flexibility index (Phi) is 6.64. The van der Waals surface area contributed by atoms with E-state index < -0.39 is 21.1 Å². The minimum absolute atomic E-state index is 0. The number of sulfone groups is 1. The Hall–Kier alpha value is -0.580. The number of carbonyl (C=O) groups is 1. The number of ether oxygens (including phenoxy) is 1.